The summed E-state index contributed by atoms with van der Waals surface area (Å²) in [5, 5.41) is 10.2. The number of carbonyl (C=O) groups excluding carboxylic acids is 1. The molecule has 1 saturated heterocycles. The van der Waals surface area contributed by atoms with Crippen LogP contribution in [-0.4, -0.2) is 43.2 Å². The zero-order valence-electron chi connectivity index (χ0n) is 24.2. The summed E-state index contributed by atoms with van der Waals surface area (Å²) in [6, 6.07) is 0. The number of carboxylic acids is 1. The molecule has 6 aliphatic carbocycles. The molecular formula is C37H66O6. The lowest BCUT2D eigenvalue weighted by molar-refractivity contribution is -0.177. The molecule has 0 radical (unpaired) electrons. The molecule has 7 aliphatic rings. The average Bonchev–Trinajstić information content (AvgIpc) is 3.75. The van der Waals surface area contributed by atoms with E-state index >= 15 is 0 Å². The van der Waals surface area contributed by atoms with Gasteiger partial charge in [0.2, 0.25) is 0 Å². The fraction of sp³-hybridized carbons (Fsp3) is 0.946. The van der Waals surface area contributed by atoms with Gasteiger partial charge >= 0.3 is 11.9 Å². The van der Waals surface area contributed by atoms with Crippen LogP contribution in [0.2, 0.25) is 0 Å². The number of hydrogen-bond donors (Lipinski definition) is 1. The molecule has 6 bridgehead atoms. The number of carboxylic acid groups (broad SMARTS) is 1. The smallest absolute Gasteiger partial charge is 0.312 e. The van der Waals surface area contributed by atoms with Crippen LogP contribution in [0.15, 0.2) is 0 Å². The first-order valence-corrected chi connectivity index (χ1v) is 16.4. The summed E-state index contributed by atoms with van der Waals surface area (Å²) >= 11 is 0. The largest absolute Gasteiger partial charge is 0.481 e. The molecule has 0 amide bonds. The third-order valence-corrected chi connectivity index (χ3v) is 13.9. The fourth-order valence-electron chi connectivity index (χ4n) is 12.5. The van der Waals surface area contributed by atoms with E-state index in [0.717, 1.165) is 49.0 Å². The summed E-state index contributed by atoms with van der Waals surface area (Å²) < 4.78 is 18.0. The number of fused-ring (bicyclic) bond motifs is 11. The van der Waals surface area contributed by atoms with Gasteiger partial charge in [-0.25, -0.2) is 0 Å². The van der Waals surface area contributed by atoms with Gasteiger partial charge in [0.05, 0.1) is 24.5 Å². The highest BCUT2D eigenvalue weighted by Gasteiger charge is 2.69. The van der Waals surface area contributed by atoms with Crippen molar-refractivity contribution in [2.45, 2.75) is 114 Å². The Hall–Kier alpha value is -1.14. The summed E-state index contributed by atoms with van der Waals surface area (Å²) in [5.41, 5.74) is 0. The van der Waals surface area contributed by atoms with E-state index < -0.39 is 17.8 Å². The molecule has 16 atom stereocenters. The topological polar surface area (TPSA) is 82.1 Å². The average molecular weight is 607 g/mol. The minimum atomic E-state index is -0.882. The van der Waals surface area contributed by atoms with Gasteiger partial charge < -0.3 is 19.3 Å². The van der Waals surface area contributed by atoms with Gasteiger partial charge in [-0.2, -0.15) is 0 Å². The molecule has 6 saturated carbocycles. The predicted molar refractivity (Wildman–Crippen MR) is 172 cm³/mol. The summed E-state index contributed by atoms with van der Waals surface area (Å²) in [6.07, 6.45) is 11.6. The molecular weight excluding hydrogens is 540 g/mol. The van der Waals surface area contributed by atoms with Crippen LogP contribution in [0.25, 0.3) is 0 Å². The Labute approximate surface area is 263 Å². The van der Waals surface area contributed by atoms with Gasteiger partial charge in [-0.15, -0.1) is 0 Å². The molecule has 1 N–H and O–H groups in total. The van der Waals surface area contributed by atoms with Crippen molar-refractivity contribution in [3.63, 3.8) is 0 Å². The number of aliphatic carboxylic acids is 1. The quantitative estimate of drug-likeness (QED) is 0.123. The molecule has 250 valence electrons. The molecule has 7 rings (SSSR count). The Bertz CT molecular complexity index is 949. The van der Waals surface area contributed by atoms with E-state index in [9.17, 15) is 14.7 Å². The molecule has 6 nitrogen and oxygen atoms in total. The Kier molecular flexibility index (Phi) is 11.9. The van der Waals surface area contributed by atoms with Gasteiger partial charge in [-0.05, 0) is 142 Å². The van der Waals surface area contributed by atoms with Crippen LogP contribution in [0.5, 0.6) is 0 Å². The van der Waals surface area contributed by atoms with E-state index in [-0.39, 0.29) is 54.5 Å². The second-order valence-corrected chi connectivity index (χ2v) is 15.0. The number of carbonyl (C=O) groups is 2. The van der Waals surface area contributed by atoms with Crippen LogP contribution < -0.4 is 0 Å². The van der Waals surface area contributed by atoms with E-state index in [1.54, 1.807) is 6.92 Å². The van der Waals surface area contributed by atoms with E-state index in [1.807, 2.05) is 0 Å². The van der Waals surface area contributed by atoms with E-state index in [0.29, 0.717) is 48.0 Å². The maximum atomic E-state index is 13.9. The van der Waals surface area contributed by atoms with Crippen molar-refractivity contribution in [2.75, 3.05) is 20.0 Å². The molecule has 1 heterocycles. The van der Waals surface area contributed by atoms with Crippen LogP contribution in [0.1, 0.15) is 108 Å². The molecule has 7 fully saturated rings. The fourth-order valence-corrected chi connectivity index (χ4v) is 12.5. The summed E-state index contributed by atoms with van der Waals surface area (Å²) in [6.45, 7) is 7.72. The molecule has 43 heavy (non-hydrogen) atoms. The van der Waals surface area contributed by atoms with Crippen molar-refractivity contribution < 1.29 is 28.9 Å². The van der Waals surface area contributed by atoms with Crippen molar-refractivity contribution in [1.82, 2.24) is 0 Å². The van der Waals surface area contributed by atoms with Gasteiger partial charge in [0, 0.05) is 6.61 Å². The first-order chi connectivity index (χ1) is 18.8. The van der Waals surface area contributed by atoms with Crippen molar-refractivity contribution in [3.05, 3.63) is 0 Å². The van der Waals surface area contributed by atoms with Crippen molar-refractivity contribution in [1.29, 1.82) is 0 Å². The molecule has 0 aromatic rings. The highest BCUT2D eigenvalue weighted by atomic mass is 16.7. The number of ether oxygens (including phenoxy) is 3. The molecule has 0 aromatic heterocycles. The highest BCUT2D eigenvalue weighted by Crippen LogP contribution is 2.73. The SMILES string of the molecule is C.C.C.C.CC1OCCCC1C1C2CC(C3C4CCC(C4)C23)C1C(C(=O)OCOCC1C2CCC(C2)C1C)C(C)C(=O)O. The lowest BCUT2D eigenvalue weighted by atomic mass is 9.55. The monoisotopic (exact) mass is 606 g/mol. The maximum Gasteiger partial charge on any atom is 0.312 e. The second kappa shape index (κ2) is 14.1. The van der Waals surface area contributed by atoms with E-state index in [2.05, 4.69) is 13.8 Å². The van der Waals surface area contributed by atoms with Gasteiger partial charge in [0.15, 0.2) is 6.79 Å². The van der Waals surface area contributed by atoms with Gasteiger partial charge in [-0.3, -0.25) is 9.59 Å². The van der Waals surface area contributed by atoms with Crippen LogP contribution in [0.3, 0.4) is 0 Å². The first kappa shape index (κ1) is 36.3. The van der Waals surface area contributed by atoms with Crippen LogP contribution in [-0.2, 0) is 23.8 Å². The standard InChI is InChI=1S/C33H50O6.4CH4/c1-16-19-6-7-20(11-19)26(16)14-37-15-39-33(36)27(17(2)32(34)35)31-25-13-24(28-21-8-9-22(12-21)29(25)28)30(31)23-5-4-10-38-18(23)3;;;;/h16-31H,4-15H2,1-3H3,(H,34,35);4*1H4. The molecule has 16 unspecified atom stereocenters. The first-order valence-electron chi connectivity index (χ1n) is 16.4. The van der Waals surface area contributed by atoms with E-state index in [4.69, 9.17) is 14.2 Å². The molecule has 0 aromatic carbocycles. The number of rotatable bonds is 9. The van der Waals surface area contributed by atoms with Gasteiger partial charge in [-0.1, -0.05) is 43.6 Å². The van der Waals surface area contributed by atoms with Crippen molar-refractivity contribution >= 4 is 11.9 Å². The summed E-state index contributed by atoms with van der Waals surface area (Å²) in [7, 11) is 0. The van der Waals surface area contributed by atoms with Crippen LogP contribution >= 0.6 is 0 Å². The van der Waals surface area contributed by atoms with Crippen LogP contribution in [0.4, 0.5) is 0 Å². The molecule has 1 aliphatic heterocycles. The Morgan fingerprint density at radius 1 is 0.814 bits per heavy atom. The van der Waals surface area contributed by atoms with Gasteiger partial charge in [0.1, 0.15) is 0 Å². The Morgan fingerprint density at radius 3 is 2.07 bits per heavy atom. The molecule has 6 heteroatoms. The minimum Gasteiger partial charge on any atom is -0.481 e. The minimum absolute atomic E-state index is 0. The Morgan fingerprint density at radius 2 is 1.44 bits per heavy atom. The Balaban J connectivity index is 0.00000127. The number of hydrogen-bond acceptors (Lipinski definition) is 5. The third kappa shape index (κ3) is 5.83. The number of esters is 1. The lowest BCUT2D eigenvalue weighted by Crippen LogP contribution is -2.50. The zero-order valence-corrected chi connectivity index (χ0v) is 24.2. The van der Waals surface area contributed by atoms with Crippen LogP contribution in [0, 0.1) is 88.8 Å². The lowest BCUT2D eigenvalue weighted by Gasteiger charge is -2.50. The van der Waals surface area contributed by atoms with Crippen molar-refractivity contribution in [2.24, 2.45) is 88.8 Å². The normalized spacial score (nSPS) is 46.0. The predicted octanol–water partition coefficient (Wildman–Crippen LogP) is 8.43. The summed E-state index contributed by atoms with van der Waals surface area (Å²) in [4.78, 5) is 26.4. The third-order valence-electron chi connectivity index (χ3n) is 13.9. The highest BCUT2D eigenvalue weighted by molar-refractivity contribution is 5.81. The summed E-state index contributed by atoms with van der Waals surface area (Å²) in [5.74, 6) is 5.26. The molecule has 0 spiro atoms. The second-order valence-electron chi connectivity index (χ2n) is 15.0. The van der Waals surface area contributed by atoms with Gasteiger partial charge in [0.25, 0.3) is 0 Å². The van der Waals surface area contributed by atoms with Crippen molar-refractivity contribution in [3.8, 4) is 0 Å². The van der Waals surface area contributed by atoms with E-state index in [1.165, 1.54) is 44.9 Å². The maximum absolute atomic E-state index is 13.9. The zero-order chi connectivity index (χ0) is 27.0.